The lowest BCUT2D eigenvalue weighted by atomic mass is 10.2. The number of fused-ring (bicyclic) bond motifs is 1. The molecule has 0 saturated heterocycles. The van der Waals surface area contributed by atoms with Gasteiger partial charge in [-0.3, -0.25) is 0 Å². The molecule has 2 rings (SSSR count). The van der Waals surface area contributed by atoms with Crippen molar-refractivity contribution >= 4 is 11.4 Å². The first-order valence-corrected chi connectivity index (χ1v) is 9.91. The van der Waals surface area contributed by atoms with E-state index in [0.717, 1.165) is 0 Å². The number of anilines is 2. The van der Waals surface area contributed by atoms with Gasteiger partial charge in [-0.15, -0.1) is 0 Å². The van der Waals surface area contributed by atoms with Gasteiger partial charge in [0, 0.05) is 12.1 Å². The zero-order chi connectivity index (χ0) is 23.2. The van der Waals surface area contributed by atoms with E-state index in [1.165, 1.54) is 6.07 Å². The van der Waals surface area contributed by atoms with Crippen molar-refractivity contribution < 1.29 is 28.4 Å². The summed E-state index contributed by atoms with van der Waals surface area (Å²) in [7, 11) is 0. The molecular formula is C20H28N6O6. The summed E-state index contributed by atoms with van der Waals surface area (Å²) < 4.78 is 33.6. The van der Waals surface area contributed by atoms with Crippen LogP contribution in [0, 0.1) is 22.7 Å². The van der Waals surface area contributed by atoms with Gasteiger partial charge in [-0.25, -0.2) is 0 Å². The van der Waals surface area contributed by atoms with E-state index in [9.17, 15) is 5.26 Å². The number of nitrogens with one attached hydrogen (secondary N) is 1. The maximum Gasteiger partial charge on any atom is 0.163 e. The Labute approximate surface area is 186 Å². The standard InChI is InChI=1S/C20H28N6O6/c21-11-16(25)17(12-22)26-20-13-32-19-10-15(24)14(23)9-18(19)30-7-5-28-3-1-27-2-4-29-6-8-31-20/h9-10,20,26H,1-8,13,23-25H2/b17-16-. The van der Waals surface area contributed by atoms with E-state index < -0.39 is 6.23 Å². The van der Waals surface area contributed by atoms with Crippen molar-refractivity contribution in [3.63, 3.8) is 0 Å². The molecule has 0 aromatic heterocycles. The van der Waals surface area contributed by atoms with Crippen molar-refractivity contribution in [1.29, 1.82) is 10.5 Å². The highest BCUT2D eigenvalue weighted by Gasteiger charge is 2.17. The predicted molar refractivity (Wildman–Crippen MR) is 114 cm³/mol. The van der Waals surface area contributed by atoms with E-state index in [0.29, 0.717) is 55.9 Å². The first-order valence-electron chi connectivity index (χ1n) is 9.91. The first-order chi connectivity index (χ1) is 15.5. The molecule has 7 N–H and O–H groups in total. The van der Waals surface area contributed by atoms with Gasteiger partial charge in [-0.1, -0.05) is 0 Å². The van der Waals surface area contributed by atoms with Gasteiger partial charge < -0.3 is 50.9 Å². The zero-order valence-corrected chi connectivity index (χ0v) is 17.7. The van der Waals surface area contributed by atoms with E-state index >= 15 is 0 Å². The van der Waals surface area contributed by atoms with Crippen LogP contribution in [0.4, 0.5) is 11.4 Å². The molecule has 1 aliphatic heterocycles. The van der Waals surface area contributed by atoms with Crippen LogP contribution >= 0.6 is 0 Å². The average molecular weight is 448 g/mol. The molecule has 0 radical (unpaired) electrons. The van der Waals surface area contributed by atoms with Crippen molar-refractivity contribution in [3.8, 4) is 23.6 Å². The third-order valence-corrected chi connectivity index (χ3v) is 4.12. The van der Waals surface area contributed by atoms with Gasteiger partial charge in [0.05, 0.1) is 57.6 Å². The molecule has 32 heavy (non-hydrogen) atoms. The molecule has 1 aromatic rings. The number of nitrogen functional groups attached to an aromatic ring is 2. The van der Waals surface area contributed by atoms with Crippen molar-refractivity contribution in [1.82, 2.24) is 5.32 Å². The van der Waals surface area contributed by atoms with Crippen LogP contribution in [0.25, 0.3) is 0 Å². The minimum Gasteiger partial charge on any atom is -0.487 e. The van der Waals surface area contributed by atoms with E-state index in [2.05, 4.69) is 5.32 Å². The van der Waals surface area contributed by atoms with Gasteiger partial charge in [0.25, 0.3) is 0 Å². The van der Waals surface area contributed by atoms with Crippen LogP contribution in [0.5, 0.6) is 11.5 Å². The van der Waals surface area contributed by atoms with Crippen LogP contribution in [-0.4, -0.2) is 65.7 Å². The van der Waals surface area contributed by atoms with Crippen molar-refractivity contribution in [2.45, 2.75) is 6.23 Å². The van der Waals surface area contributed by atoms with Crippen LogP contribution < -0.4 is 32.0 Å². The molecule has 0 aliphatic carbocycles. The van der Waals surface area contributed by atoms with E-state index in [-0.39, 0.29) is 37.8 Å². The molecule has 0 bridgehead atoms. The van der Waals surface area contributed by atoms with Gasteiger partial charge in [-0.05, 0) is 0 Å². The monoisotopic (exact) mass is 448 g/mol. The molecule has 1 aliphatic rings. The number of nitrogens with zero attached hydrogens (tertiary/aromatic N) is 2. The predicted octanol–water partition coefficient (Wildman–Crippen LogP) is -0.178. The summed E-state index contributed by atoms with van der Waals surface area (Å²) in [5.41, 5.74) is 17.6. The molecule has 0 saturated carbocycles. The molecule has 12 nitrogen and oxygen atoms in total. The third kappa shape index (κ3) is 8.37. The van der Waals surface area contributed by atoms with Gasteiger partial charge in [0.2, 0.25) is 0 Å². The van der Waals surface area contributed by atoms with E-state index in [1.807, 2.05) is 6.07 Å². The fourth-order valence-corrected chi connectivity index (χ4v) is 2.50. The Morgan fingerprint density at radius 3 is 1.91 bits per heavy atom. The Morgan fingerprint density at radius 1 is 0.812 bits per heavy atom. The van der Waals surface area contributed by atoms with E-state index in [1.54, 1.807) is 12.1 Å². The number of hydrogen-bond donors (Lipinski definition) is 4. The number of allylic oxidation sites excluding steroid dienone is 2. The van der Waals surface area contributed by atoms with Crippen molar-refractivity contribution in [3.05, 3.63) is 23.5 Å². The largest absolute Gasteiger partial charge is 0.487 e. The number of nitriles is 2. The van der Waals surface area contributed by atoms with Crippen molar-refractivity contribution in [2.24, 2.45) is 5.73 Å². The summed E-state index contributed by atoms with van der Waals surface area (Å²) in [5.74, 6) is 0.691. The molecule has 1 atom stereocenters. The van der Waals surface area contributed by atoms with Crippen molar-refractivity contribution in [2.75, 3.05) is 70.9 Å². The molecule has 0 fully saturated rings. The molecule has 12 heteroatoms. The summed E-state index contributed by atoms with van der Waals surface area (Å²) in [4.78, 5) is 0. The number of rotatable bonds is 2. The lowest BCUT2D eigenvalue weighted by Gasteiger charge is -2.22. The molecule has 1 heterocycles. The van der Waals surface area contributed by atoms with Crippen LogP contribution in [0.15, 0.2) is 23.5 Å². The quantitative estimate of drug-likeness (QED) is 0.345. The maximum atomic E-state index is 9.27. The highest BCUT2D eigenvalue weighted by atomic mass is 16.6. The number of nitrogens with two attached hydrogens (primary N) is 3. The second kappa shape index (κ2) is 13.8. The van der Waals surface area contributed by atoms with Gasteiger partial charge in [0.15, 0.2) is 17.7 Å². The Bertz CT molecular complexity index is 850. The summed E-state index contributed by atoms with van der Waals surface area (Å²) >= 11 is 0. The number of benzene rings is 1. The first kappa shape index (κ1) is 24.8. The van der Waals surface area contributed by atoms with Crippen LogP contribution in [0.2, 0.25) is 0 Å². The Hall–Kier alpha value is -3.42. The highest BCUT2D eigenvalue weighted by molar-refractivity contribution is 5.69. The smallest absolute Gasteiger partial charge is 0.163 e. The lowest BCUT2D eigenvalue weighted by molar-refractivity contribution is -0.0383. The topological polar surface area (TPSA) is 193 Å². The summed E-state index contributed by atoms with van der Waals surface area (Å²) in [6, 6.07) is 6.63. The Balaban J connectivity index is 2.17. The lowest BCUT2D eigenvalue weighted by Crippen LogP contribution is -2.38. The number of hydrogen-bond acceptors (Lipinski definition) is 12. The summed E-state index contributed by atoms with van der Waals surface area (Å²) in [5, 5.41) is 21.0. The highest BCUT2D eigenvalue weighted by Crippen LogP contribution is 2.34. The van der Waals surface area contributed by atoms with Crippen LogP contribution in [-0.2, 0) is 18.9 Å². The maximum absolute atomic E-state index is 9.27. The molecule has 174 valence electrons. The van der Waals surface area contributed by atoms with Gasteiger partial charge in [0.1, 0.15) is 36.7 Å². The SMILES string of the molecule is N#C/C(N)=C(\C#N)NC1COc2cc(N)c(N)cc2OCCOCCOCCOCCO1. The second-order valence-corrected chi connectivity index (χ2v) is 6.44. The van der Waals surface area contributed by atoms with Crippen LogP contribution in [0.3, 0.4) is 0 Å². The molecule has 0 amide bonds. The van der Waals surface area contributed by atoms with Gasteiger partial charge >= 0.3 is 0 Å². The molecule has 1 unspecified atom stereocenters. The fraction of sp³-hybridized carbons (Fsp3) is 0.500. The molecule has 1 aromatic carbocycles. The molecular weight excluding hydrogens is 420 g/mol. The van der Waals surface area contributed by atoms with Crippen LogP contribution in [0.1, 0.15) is 0 Å². The summed E-state index contributed by atoms with van der Waals surface area (Å²) in [6.45, 7) is 2.64. The summed E-state index contributed by atoms with van der Waals surface area (Å²) in [6.07, 6.45) is -0.828. The Kier molecular flexibility index (Phi) is 10.7. The minimum absolute atomic E-state index is 0.0663. The minimum atomic E-state index is -0.828. The molecule has 0 spiro atoms. The zero-order valence-electron chi connectivity index (χ0n) is 17.7. The van der Waals surface area contributed by atoms with E-state index in [4.69, 9.17) is 50.9 Å². The fourth-order valence-electron chi connectivity index (χ4n) is 2.50. The number of ether oxygens (including phenoxy) is 6. The third-order valence-electron chi connectivity index (χ3n) is 4.12. The normalized spacial score (nSPS) is 19.9. The second-order valence-electron chi connectivity index (χ2n) is 6.44. The average Bonchev–Trinajstić information content (AvgIpc) is 2.79. The Morgan fingerprint density at radius 2 is 1.34 bits per heavy atom. The van der Waals surface area contributed by atoms with Gasteiger partial charge in [-0.2, -0.15) is 10.5 Å².